The number of amides is 2. The number of ether oxygens (including phenoxy) is 1. The van der Waals surface area contributed by atoms with E-state index in [1.807, 2.05) is 0 Å². The molecule has 0 aromatic rings. The summed E-state index contributed by atoms with van der Waals surface area (Å²) in [5.41, 5.74) is -1.42. The lowest BCUT2D eigenvalue weighted by molar-refractivity contribution is 0.0555. The summed E-state index contributed by atoms with van der Waals surface area (Å²) in [7, 11) is 0. The van der Waals surface area contributed by atoms with Crippen LogP contribution in [0.3, 0.4) is 0 Å². The van der Waals surface area contributed by atoms with Crippen molar-refractivity contribution in [3.05, 3.63) is 0 Å². The smallest absolute Gasteiger partial charge is 0.414 e. The Hall–Kier alpha value is -1.37. The van der Waals surface area contributed by atoms with Crippen LogP contribution in [0.2, 0.25) is 0 Å². The standard InChI is InChI=1S/C11H20N2O4S/c1-10(2,3)13(9(15)16)7(18)12-8(14)17-11(4,5)6/h1-6H3,(H,15,16)(H,12,14,18). The van der Waals surface area contributed by atoms with Crippen LogP contribution < -0.4 is 5.32 Å². The molecular weight excluding hydrogens is 256 g/mol. The molecule has 6 nitrogen and oxygen atoms in total. The first kappa shape index (κ1) is 16.6. The van der Waals surface area contributed by atoms with Gasteiger partial charge in [0.1, 0.15) is 5.60 Å². The summed E-state index contributed by atoms with van der Waals surface area (Å²) in [6.45, 7) is 10.1. The van der Waals surface area contributed by atoms with Gasteiger partial charge in [-0.25, -0.2) is 14.5 Å². The van der Waals surface area contributed by atoms with Crippen LogP contribution >= 0.6 is 12.2 Å². The molecule has 0 spiro atoms. The summed E-state index contributed by atoms with van der Waals surface area (Å²) in [5.74, 6) is 0. The number of carbonyl (C=O) groups is 2. The van der Waals surface area contributed by atoms with Crippen LogP contribution in [0.5, 0.6) is 0 Å². The van der Waals surface area contributed by atoms with Crippen LogP contribution in [0.1, 0.15) is 41.5 Å². The molecule has 0 atom stereocenters. The molecule has 18 heavy (non-hydrogen) atoms. The number of rotatable bonds is 0. The van der Waals surface area contributed by atoms with Crippen LogP contribution in [-0.4, -0.2) is 38.4 Å². The van der Waals surface area contributed by atoms with Crippen LogP contribution in [0.25, 0.3) is 0 Å². The Morgan fingerprint density at radius 1 is 1.17 bits per heavy atom. The van der Waals surface area contributed by atoms with Gasteiger partial charge in [0.05, 0.1) is 0 Å². The highest BCUT2D eigenvalue weighted by Gasteiger charge is 2.31. The van der Waals surface area contributed by atoms with Crippen LogP contribution in [-0.2, 0) is 4.74 Å². The van der Waals surface area contributed by atoms with Crippen molar-refractivity contribution in [2.45, 2.75) is 52.7 Å². The van der Waals surface area contributed by atoms with E-state index in [1.165, 1.54) is 0 Å². The van der Waals surface area contributed by atoms with Gasteiger partial charge in [-0.15, -0.1) is 0 Å². The fourth-order valence-electron chi connectivity index (χ4n) is 1.13. The molecule has 0 aromatic carbocycles. The zero-order chi connectivity index (χ0) is 14.7. The van der Waals surface area contributed by atoms with E-state index in [0.29, 0.717) is 0 Å². The summed E-state index contributed by atoms with van der Waals surface area (Å²) < 4.78 is 4.99. The number of carboxylic acid groups (broad SMARTS) is 1. The van der Waals surface area contributed by atoms with Gasteiger partial charge >= 0.3 is 12.2 Å². The van der Waals surface area contributed by atoms with Crippen LogP contribution in [0, 0.1) is 0 Å². The van der Waals surface area contributed by atoms with Gasteiger partial charge < -0.3 is 9.84 Å². The predicted molar refractivity (Wildman–Crippen MR) is 71.6 cm³/mol. The molecule has 0 rings (SSSR count). The first-order chi connectivity index (χ1) is 7.84. The SMILES string of the molecule is CC(C)(C)OC(=O)NC(=S)N(C(=O)O)C(C)(C)C. The molecule has 0 aromatic heterocycles. The second-order valence-electron chi connectivity index (χ2n) is 5.72. The Labute approximate surface area is 112 Å². The van der Waals surface area contributed by atoms with E-state index in [0.717, 1.165) is 4.90 Å². The molecule has 0 heterocycles. The van der Waals surface area contributed by atoms with Crippen LogP contribution in [0.4, 0.5) is 9.59 Å². The lowest BCUT2D eigenvalue weighted by Crippen LogP contribution is -2.54. The summed E-state index contributed by atoms with van der Waals surface area (Å²) in [6, 6.07) is 0. The summed E-state index contributed by atoms with van der Waals surface area (Å²) >= 11 is 4.90. The molecule has 0 aliphatic carbocycles. The van der Waals surface area contributed by atoms with E-state index in [2.05, 4.69) is 5.32 Å². The third-order valence-corrected chi connectivity index (χ3v) is 1.96. The molecule has 2 amide bonds. The first-order valence-corrected chi connectivity index (χ1v) is 5.82. The van der Waals surface area contributed by atoms with Gasteiger partial charge in [-0.3, -0.25) is 5.32 Å². The van der Waals surface area contributed by atoms with E-state index in [9.17, 15) is 9.59 Å². The predicted octanol–water partition coefficient (Wildman–Crippen LogP) is 2.57. The Balaban J connectivity index is 4.75. The minimum Gasteiger partial charge on any atom is -0.465 e. The molecule has 7 heteroatoms. The molecule has 0 fully saturated rings. The maximum absolute atomic E-state index is 11.5. The highest BCUT2D eigenvalue weighted by Crippen LogP contribution is 2.14. The molecule has 0 saturated carbocycles. The van der Waals surface area contributed by atoms with E-state index >= 15 is 0 Å². The quantitative estimate of drug-likeness (QED) is 0.665. The van der Waals surface area contributed by atoms with Crippen molar-refractivity contribution in [3.8, 4) is 0 Å². The van der Waals surface area contributed by atoms with Gasteiger partial charge in [0.15, 0.2) is 5.11 Å². The van der Waals surface area contributed by atoms with Crippen LogP contribution in [0.15, 0.2) is 0 Å². The van der Waals surface area contributed by atoms with Gasteiger partial charge in [-0.1, -0.05) is 0 Å². The second-order valence-corrected chi connectivity index (χ2v) is 6.11. The largest absolute Gasteiger partial charge is 0.465 e. The van der Waals surface area contributed by atoms with Crippen molar-refractivity contribution in [1.82, 2.24) is 10.2 Å². The number of nitrogens with one attached hydrogen (secondary N) is 1. The summed E-state index contributed by atoms with van der Waals surface area (Å²) in [4.78, 5) is 23.5. The summed E-state index contributed by atoms with van der Waals surface area (Å²) in [5, 5.41) is 11.1. The molecule has 0 unspecified atom stereocenters. The Kier molecular flexibility index (Phi) is 5.09. The van der Waals surface area contributed by atoms with Gasteiger partial charge in [-0.05, 0) is 53.8 Å². The highest BCUT2D eigenvalue weighted by atomic mass is 32.1. The maximum Gasteiger partial charge on any atom is 0.414 e. The number of hydrogen-bond donors (Lipinski definition) is 2. The van der Waals surface area contributed by atoms with Gasteiger partial charge in [0.25, 0.3) is 0 Å². The van der Waals surface area contributed by atoms with E-state index < -0.39 is 23.3 Å². The van der Waals surface area contributed by atoms with Crippen molar-refractivity contribution in [2.75, 3.05) is 0 Å². The number of thiocarbonyl (C=S) groups is 1. The third-order valence-electron chi connectivity index (χ3n) is 1.67. The monoisotopic (exact) mass is 276 g/mol. The van der Waals surface area contributed by atoms with E-state index in [-0.39, 0.29) is 5.11 Å². The Morgan fingerprint density at radius 2 is 1.61 bits per heavy atom. The van der Waals surface area contributed by atoms with Gasteiger partial charge in [0, 0.05) is 5.54 Å². The molecule has 104 valence electrons. The Morgan fingerprint density at radius 3 is 1.89 bits per heavy atom. The highest BCUT2D eigenvalue weighted by molar-refractivity contribution is 7.80. The zero-order valence-electron chi connectivity index (χ0n) is 11.5. The lowest BCUT2D eigenvalue weighted by atomic mass is 10.1. The fourth-order valence-corrected chi connectivity index (χ4v) is 1.56. The number of hydrogen-bond acceptors (Lipinski definition) is 4. The molecule has 0 bridgehead atoms. The normalized spacial score (nSPS) is 11.7. The molecule has 2 N–H and O–H groups in total. The Bertz CT molecular complexity index is 355. The van der Waals surface area contributed by atoms with Crippen molar-refractivity contribution in [2.24, 2.45) is 0 Å². The number of carbonyl (C=O) groups excluding carboxylic acids is 1. The molecule has 0 radical (unpaired) electrons. The molecular formula is C11H20N2O4S. The topological polar surface area (TPSA) is 78.9 Å². The average Bonchev–Trinajstić information content (AvgIpc) is 1.93. The van der Waals surface area contributed by atoms with Crippen molar-refractivity contribution < 1.29 is 19.4 Å². The minimum atomic E-state index is -1.23. The molecule has 0 saturated heterocycles. The lowest BCUT2D eigenvalue weighted by Gasteiger charge is -2.33. The van der Waals surface area contributed by atoms with Crippen molar-refractivity contribution in [1.29, 1.82) is 0 Å². The number of nitrogens with zero attached hydrogens (tertiary/aromatic N) is 1. The fraction of sp³-hybridized carbons (Fsp3) is 0.727. The number of alkyl carbamates (subject to hydrolysis) is 1. The van der Waals surface area contributed by atoms with E-state index in [1.54, 1.807) is 41.5 Å². The minimum absolute atomic E-state index is 0.204. The zero-order valence-corrected chi connectivity index (χ0v) is 12.3. The van der Waals surface area contributed by atoms with Gasteiger partial charge in [0.2, 0.25) is 0 Å². The molecule has 0 aliphatic heterocycles. The average molecular weight is 276 g/mol. The van der Waals surface area contributed by atoms with Crippen molar-refractivity contribution >= 4 is 29.5 Å². The van der Waals surface area contributed by atoms with Crippen molar-refractivity contribution in [3.63, 3.8) is 0 Å². The van der Waals surface area contributed by atoms with E-state index in [4.69, 9.17) is 22.1 Å². The molecule has 0 aliphatic rings. The first-order valence-electron chi connectivity index (χ1n) is 5.42. The maximum atomic E-state index is 11.5. The third kappa shape index (κ3) is 5.81. The second kappa shape index (κ2) is 5.51. The van der Waals surface area contributed by atoms with Gasteiger partial charge in [-0.2, -0.15) is 0 Å². The summed E-state index contributed by atoms with van der Waals surface area (Å²) in [6.07, 6.45) is -2.01.